The highest BCUT2D eigenvalue weighted by Crippen LogP contribution is 2.33. The van der Waals surface area contributed by atoms with Gasteiger partial charge in [-0.3, -0.25) is 9.28 Å². The van der Waals surface area contributed by atoms with Gasteiger partial charge in [-0.15, -0.1) is 0 Å². The number of carbonyl (C=O) groups excluding carboxylic acids is 1. The molecule has 2 aromatic carbocycles. The van der Waals surface area contributed by atoms with Gasteiger partial charge in [0.05, 0.1) is 18.7 Å². The quantitative estimate of drug-likeness (QED) is 0.862. The van der Waals surface area contributed by atoms with E-state index in [1.165, 1.54) is 24.8 Å². The second-order valence-corrected chi connectivity index (χ2v) is 6.18. The first-order valence-corrected chi connectivity index (χ1v) is 8.01. The zero-order valence-corrected chi connectivity index (χ0v) is 12.9. The number of para-hydroxylation sites is 1. The van der Waals surface area contributed by atoms with Gasteiger partial charge in [0.15, 0.2) is 0 Å². The Morgan fingerprint density at radius 1 is 0.909 bits per heavy atom. The average molecular weight is 295 g/mol. The molecule has 0 bridgehead atoms. The van der Waals surface area contributed by atoms with Gasteiger partial charge in [-0.25, -0.2) is 0 Å². The highest BCUT2D eigenvalue weighted by atomic mass is 16.1. The number of piperidine rings is 1. The Labute approximate surface area is 132 Å². The molecule has 114 valence electrons. The molecule has 1 saturated heterocycles. The third-order valence-corrected chi connectivity index (χ3v) is 4.68. The number of quaternary nitrogens is 1. The number of rotatable bonds is 4. The van der Waals surface area contributed by atoms with Gasteiger partial charge in [0.2, 0.25) is 0 Å². The maximum absolute atomic E-state index is 11.9. The molecule has 2 N–H and O–H groups in total. The van der Waals surface area contributed by atoms with E-state index in [1.54, 1.807) is 0 Å². The maximum Gasteiger partial charge on any atom is 0.254 e. The number of hydrogen-bond donors (Lipinski definition) is 1. The largest absolute Gasteiger partial charge is 0.365 e. The topological polar surface area (TPSA) is 43.1 Å². The molecule has 0 radical (unpaired) electrons. The summed E-state index contributed by atoms with van der Waals surface area (Å²) in [6, 6.07) is 18.4. The number of nitrogens with two attached hydrogens (primary N) is 1. The Bertz CT molecular complexity index is 645. The number of amides is 1. The summed E-state index contributed by atoms with van der Waals surface area (Å²) < 4.78 is 0.836. The summed E-state index contributed by atoms with van der Waals surface area (Å²) in [6.45, 7) is 3.06. The van der Waals surface area contributed by atoms with Gasteiger partial charge in [0.25, 0.3) is 5.91 Å². The van der Waals surface area contributed by atoms with Gasteiger partial charge < -0.3 is 5.73 Å². The Hall–Kier alpha value is -2.13. The molecule has 1 fully saturated rings. The van der Waals surface area contributed by atoms with Crippen molar-refractivity contribution in [2.75, 3.05) is 13.1 Å². The number of benzene rings is 2. The van der Waals surface area contributed by atoms with Gasteiger partial charge in [-0.2, -0.15) is 0 Å². The van der Waals surface area contributed by atoms with Crippen molar-refractivity contribution in [2.24, 2.45) is 5.73 Å². The normalized spacial score (nSPS) is 17.1. The van der Waals surface area contributed by atoms with Crippen LogP contribution < -0.4 is 10.2 Å². The minimum absolute atomic E-state index is 0.327. The van der Waals surface area contributed by atoms with Gasteiger partial charge >= 0.3 is 0 Å². The number of nitrogens with zero attached hydrogens (tertiary/aromatic N) is 1. The van der Waals surface area contributed by atoms with Crippen LogP contribution in [0.2, 0.25) is 0 Å². The summed E-state index contributed by atoms with van der Waals surface area (Å²) >= 11 is 0. The first-order valence-electron chi connectivity index (χ1n) is 8.01. The molecule has 22 heavy (non-hydrogen) atoms. The molecule has 0 aliphatic carbocycles. The molecule has 0 atom stereocenters. The van der Waals surface area contributed by atoms with E-state index >= 15 is 0 Å². The van der Waals surface area contributed by atoms with Crippen LogP contribution in [0.15, 0.2) is 54.6 Å². The number of hydrogen-bond acceptors (Lipinski definition) is 1. The third-order valence-electron chi connectivity index (χ3n) is 4.68. The lowest BCUT2D eigenvalue weighted by atomic mass is 10.0. The highest BCUT2D eigenvalue weighted by Gasteiger charge is 2.35. The summed E-state index contributed by atoms with van der Waals surface area (Å²) in [7, 11) is 0. The van der Waals surface area contributed by atoms with E-state index in [2.05, 4.69) is 30.3 Å². The standard InChI is InChI=1S/C19H22N2O/c20-19(22)17-11-5-6-12-18(17)21(13-7-2-8-14-21)15-16-9-3-1-4-10-16/h1,3-6,9-12H,2,7-8,13-15H2,(H-,20,22)/p+1. The number of carbonyl (C=O) groups is 1. The molecule has 3 heteroatoms. The fourth-order valence-corrected chi connectivity index (χ4v) is 3.63. The predicted molar refractivity (Wildman–Crippen MR) is 90.5 cm³/mol. The van der Waals surface area contributed by atoms with Gasteiger partial charge in [-0.1, -0.05) is 42.5 Å². The summed E-state index contributed by atoms with van der Waals surface area (Å²) in [4.78, 5) is 11.9. The van der Waals surface area contributed by atoms with E-state index in [-0.39, 0.29) is 5.91 Å². The number of primary amides is 1. The van der Waals surface area contributed by atoms with E-state index < -0.39 is 0 Å². The Kier molecular flexibility index (Phi) is 4.25. The van der Waals surface area contributed by atoms with Crippen LogP contribution in [-0.2, 0) is 6.54 Å². The molecule has 1 amide bonds. The smallest absolute Gasteiger partial charge is 0.254 e. The molecule has 0 spiro atoms. The van der Waals surface area contributed by atoms with E-state index in [9.17, 15) is 4.79 Å². The van der Waals surface area contributed by atoms with Crippen LogP contribution in [-0.4, -0.2) is 19.0 Å². The van der Waals surface area contributed by atoms with Crippen molar-refractivity contribution in [3.63, 3.8) is 0 Å². The Morgan fingerprint density at radius 2 is 1.55 bits per heavy atom. The van der Waals surface area contributed by atoms with Crippen LogP contribution in [0.25, 0.3) is 0 Å². The van der Waals surface area contributed by atoms with Crippen molar-refractivity contribution in [1.82, 2.24) is 4.48 Å². The van der Waals surface area contributed by atoms with Crippen LogP contribution in [0, 0.1) is 0 Å². The molecule has 1 aliphatic heterocycles. The third kappa shape index (κ3) is 2.90. The fourth-order valence-electron chi connectivity index (χ4n) is 3.63. The second kappa shape index (κ2) is 6.32. The van der Waals surface area contributed by atoms with E-state index in [4.69, 9.17) is 5.73 Å². The molecule has 2 aromatic rings. The fraction of sp³-hybridized carbons (Fsp3) is 0.316. The van der Waals surface area contributed by atoms with Crippen LogP contribution in [0.4, 0.5) is 5.69 Å². The van der Waals surface area contributed by atoms with Crippen LogP contribution in [0.1, 0.15) is 35.2 Å². The van der Waals surface area contributed by atoms with Gasteiger partial charge in [-0.05, 0) is 31.4 Å². The zero-order chi connectivity index (χ0) is 15.4. The van der Waals surface area contributed by atoms with E-state index in [1.807, 2.05) is 24.3 Å². The SMILES string of the molecule is NC(=O)c1ccccc1[N+]1(Cc2ccccc2)CCCCC1. The summed E-state index contributed by atoms with van der Waals surface area (Å²) in [5.74, 6) is -0.327. The van der Waals surface area contributed by atoms with Crippen LogP contribution in [0.5, 0.6) is 0 Å². The maximum atomic E-state index is 11.9. The summed E-state index contributed by atoms with van der Waals surface area (Å²) in [5, 5.41) is 0. The van der Waals surface area contributed by atoms with Crippen molar-refractivity contribution < 1.29 is 4.79 Å². The molecule has 0 saturated carbocycles. The lowest BCUT2D eigenvalue weighted by Crippen LogP contribution is -2.52. The van der Waals surface area contributed by atoms with Crippen LogP contribution >= 0.6 is 0 Å². The van der Waals surface area contributed by atoms with E-state index in [0.29, 0.717) is 5.56 Å². The Morgan fingerprint density at radius 3 is 2.23 bits per heavy atom. The van der Waals surface area contributed by atoms with E-state index in [0.717, 1.165) is 29.8 Å². The molecular formula is C19H23N2O+. The monoisotopic (exact) mass is 295 g/mol. The average Bonchev–Trinajstić information content (AvgIpc) is 2.56. The van der Waals surface area contributed by atoms with Crippen molar-refractivity contribution in [2.45, 2.75) is 25.8 Å². The van der Waals surface area contributed by atoms with Crippen molar-refractivity contribution >= 4 is 11.6 Å². The van der Waals surface area contributed by atoms with Gasteiger partial charge in [0.1, 0.15) is 12.2 Å². The summed E-state index contributed by atoms with van der Waals surface area (Å²) in [5.41, 5.74) is 8.68. The minimum atomic E-state index is -0.327. The zero-order valence-electron chi connectivity index (χ0n) is 12.9. The molecule has 0 unspecified atom stereocenters. The first-order chi connectivity index (χ1) is 10.7. The van der Waals surface area contributed by atoms with Crippen molar-refractivity contribution in [1.29, 1.82) is 0 Å². The summed E-state index contributed by atoms with van der Waals surface area (Å²) in [6.07, 6.45) is 3.66. The first kappa shape index (κ1) is 14.8. The molecule has 3 rings (SSSR count). The molecular weight excluding hydrogens is 272 g/mol. The molecule has 3 nitrogen and oxygen atoms in total. The van der Waals surface area contributed by atoms with Gasteiger partial charge in [0, 0.05) is 5.56 Å². The van der Waals surface area contributed by atoms with Crippen LogP contribution in [0.3, 0.4) is 0 Å². The molecule has 1 aliphatic rings. The lowest BCUT2D eigenvalue weighted by molar-refractivity contribution is 0.0996. The van der Waals surface area contributed by atoms with Crippen molar-refractivity contribution in [3.8, 4) is 0 Å². The highest BCUT2D eigenvalue weighted by molar-refractivity contribution is 5.98. The molecule has 1 heterocycles. The Balaban J connectivity index is 2.05. The molecule has 0 aromatic heterocycles. The lowest BCUT2D eigenvalue weighted by Gasteiger charge is -2.42. The number of likely N-dealkylation sites (tertiary alicyclic amines) is 1. The minimum Gasteiger partial charge on any atom is -0.365 e. The van der Waals surface area contributed by atoms with Crippen molar-refractivity contribution in [3.05, 3.63) is 65.7 Å². The predicted octanol–water partition coefficient (Wildman–Crippen LogP) is 3.48. The second-order valence-electron chi connectivity index (χ2n) is 6.18.